The Hall–Kier alpha value is -2.72. The quantitative estimate of drug-likeness (QED) is 0.723. The van der Waals surface area contributed by atoms with Crippen LogP contribution in [0.15, 0.2) is 54.6 Å². The number of rotatable bonds is 3. The van der Waals surface area contributed by atoms with Crippen LogP contribution in [0, 0.1) is 0 Å². The largest absolute Gasteiger partial charge is 0.326 e. The molecule has 1 spiro atoms. The Morgan fingerprint density at radius 3 is 2.30 bits per heavy atom. The summed E-state index contributed by atoms with van der Waals surface area (Å²) in [7, 11) is 2.22. The van der Waals surface area contributed by atoms with Crippen molar-refractivity contribution in [2.45, 2.75) is 45.4 Å². The number of nitrogens with zero attached hydrogens (tertiary/aromatic N) is 1. The van der Waals surface area contributed by atoms with Crippen molar-refractivity contribution >= 4 is 24.0 Å². The van der Waals surface area contributed by atoms with Crippen LogP contribution in [0.3, 0.4) is 0 Å². The second kappa shape index (κ2) is 11.5. The van der Waals surface area contributed by atoms with E-state index in [0.29, 0.717) is 11.8 Å². The maximum absolute atomic E-state index is 10.7. The van der Waals surface area contributed by atoms with Crippen LogP contribution < -0.4 is 5.32 Å². The summed E-state index contributed by atoms with van der Waals surface area (Å²) in [5.74, 6) is -0.0943. The van der Waals surface area contributed by atoms with E-state index in [1.165, 1.54) is 38.4 Å². The first-order chi connectivity index (χ1) is 14.5. The van der Waals surface area contributed by atoms with Gasteiger partial charge in [0.1, 0.15) is 6.29 Å². The van der Waals surface area contributed by atoms with Crippen molar-refractivity contribution in [3.63, 3.8) is 0 Å². The molecule has 1 aliphatic heterocycles. The molecule has 4 nitrogen and oxygen atoms in total. The summed E-state index contributed by atoms with van der Waals surface area (Å²) in [6.07, 6.45) is 8.56. The molecule has 1 saturated heterocycles. The third-order valence-electron chi connectivity index (χ3n) is 5.55. The normalized spacial score (nSPS) is 15.9. The fraction of sp³-hybridized carbons (Fsp3) is 0.385. The lowest BCUT2D eigenvalue weighted by atomic mass is 9.75. The highest BCUT2D eigenvalue weighted by molar-refractivity contribution is 5.88. The summed E-state index contributed by atoms with van der Waals surface area (Å²) in [6.45, 7) is 7.90. The van der Waals surface area contributed by atoms with Crippen molar-refractivity contribution in [1.29, 1.82) is 0 Å². The number of benzene rings is 2. The van der Waals surface area contributed by atoms with E-state index >= 15 is 0 Å². The maximum atomic E-state index is 10.7. The van der Waals surface area contributed by atoms with E-state index in [1.807, 2.05) is 26.0 Å². The molecule has 160 valence electrons. The predicted octanol–water partition coefficient (Wildman–Crippen LogP) is 5.09. The van der Waals surface area contributed by atoms with Gasteiger partial charge >= 0.3 is 0 Å². The van der Waals surface area contributed by atoms with Crippen molar-refractivity contribution in [2.24, 2.45) is 0 Å². The minimum atomic E-state index is -0.0943. The molecule has 0 atom stereocenters. The van der Waals surface area contributed by atoms with Crippen molar-refractivity contribution in [2.75, 3.05) is 25.5 Å². The number of nitrogens with one attached hydrogen (secondary N) is 1. The summed E-state index contributed by atoms with van der Waals surface area (Å²) in [5, 5.41) is 2.65. The van der Waals surface area contributed by atoms with Crippen LogP contribution in [-0.2, 0) is 21.4 Å². The number of amides is 1. The number of carbonyl (C=O) groups is 2. The summed E-state index contributed by atoms with van der Waals surface area (Å²) in [4.78, 5) is 23.3. The Morgan fingerprint density at radius 2 is 1.70 bits per heavy atom. The minimum absolute atomic E-state index is 0.0943. The fourth-order valence-electron chi connectivity index (χ4n) is 3.91. The van der Waals surface area contributed by atoms with Gasteiger partial charge in [-0.1, -0.05) is 62.4 Å². The van der Waals surface area contributed by atoms with E-state index < -0.39 is 0 Å². The van der Waals surface area contributed by atoms with Gasteiger partial charge in [-0.3, -0.25) is 4.79 Å². The van der Waals surface area contributed by atoms with Crippen LogP contribution in [-0.4, -0.2) is 37.2 Å². The van der Waals surface area contributed by atoms with Crippen LogP contribution in [0.4, 0.5) is 5.69 Å². The lowest BCUT2D eigenvalue weighted by Gasteiger charge is -2.37. The van der Waals surface area contributed by atoms with Gasteiger partial charge in [0.15, 0.2) is 0 Å². The molecule has 0 unspecified atom stereocenters. The molecule has 2 aromatic rings. The maximum Gasteiger partial charge on any atom is 0.221 e. The van der Waals surface area contributed by atoms with Crippen LogP contribution in [0.25, 0.3) is 6.08 Å². The van der Waals surface area contributed by atoms with Gasteiger partial charge in [-0.05, 0) is 61.8 Å². The lowest BCUT2D eigenvalue weighted by molar-refractivity contribution is -0.114. The van der Waals surface area contributed by atoms with Gasteiger partial charge in [-0.2, -0.15) is 0 Å². The average Bonchev–Trinajstić information content (AvgIpc) is 3.12. The Labute approximate surface area is 181 Å². The molecule has 1 N–H and O–H groups in total. The van der Waals surface area contributed by atoms with E-state index in [9.17, 15) is 9.59 Å². The summed E-state index contributed by atoms with van der Waals surface area (Å²) < 4.78 is 0. The second-order valence-electron chi connectivity index (χ2n) is 7.63. The van der Waals surface area contributed by atoms with Crippen molar-refractivity contribution in [3.05, 3.63) is 71.3 Å². The number of anilines is 1. The number of hydrogen-bond acceptors (Lipinski definition) is 3. The Balaban J connectivity index is 0.000000200. The van der Waals surface area contributed by atoms with Crippen LogP contribution in [0.2, 0.25) is 0 Å². The van der Waals surface area contributed by atoms with Gasteiger partial charge in [0.05, 0.1) is 0 Å². The first-order valence-electron chi connectivity index (χ1n) is 10.8. The number of aldehydes is 1. The Bertz CT molecular complexity index is 848. The smallest absolute Gasteiger partial charge is 0.221 e. The molecule has 4 heteroatoms. The number of fused-ring (bicyclic) bond motifs is 2. The van der Waals surface area contributed by atoms with Gasteiger partial charge in [0, 0.05) is 24.4 Å². The van der Waals surface area contributed by atoms with E-state index in [4.69, 9.17) is 0 Å². The van der Waals surface area contributed by atoms with Gasteiger partial charge in [-0.15, -0.1) is 0 Å². The standard InChI is InChI=1S/C14H17N.C10H11NO2.C2H6/c1-15-10-8-14(9-11-15)7-6-12-4-2-3-5-13(12)14;1-8(13)11-10-4-2-9(3-5-10)6-7-12;1-2/h2-7H,8-11H2,1H3;2-5,7H,6H2,1H3,(H,11,13);1-2H3. The van der Waals surface area contributed by atoms with Gasteiger partial charge in [0.2, 0.25) is 5.91 Å². The lowest BCUT2D eigenvalue weighted by Crippen LogP contribution is -2.38. The predicted molar refractivity (Wildman–Crippen MR) is 126 cm³/mol. The second-order valence-corrected chi connectivity index (χ2v) is 7.63. The topological polar surface area (TPSA) is 49.4 Å². The first-order valence-corrected chi connectivity index (χ1v) is 10.8. The average molecular weight is 407 g/mol. The number of allylic oxidation sites excluding steroid dienone is 1. The van der Waals surface area contributed by atoms with Gasteiger partial charge in [0.25, 0.3) is 0 Å². The monoisotopic (exact) mass is 406 g/mol. The molecule has 1 heterocycles. The van der Waals surface area contributed by atoms with E-state index in [1.54, 1.807) is 17.7 Å². The number of piperidine rings is 1. The number of likely N-dealkylation sites (tertiary alicyclic amines) is 1. The Kier molecular flexibility index (Phi) is 9.00. The highest BCUT2D eigenvalue weighted by Gasteiger charge is 2.36. The van der Waals surface area contributed by atoms with E-state index in [0.717, 1.165) is 17.5 Å². The summed E-state index contributed by atoms with van der Waals surface area (Å²) in [6, 6.07) is 16.0. The molecule has 1 fully saturated rings. The van der Waals surface area contributed by atoms with Crippen LogP contribution in [0.5, 0.6) is 0 Å². The molecule has 0 aromatic heterocycles. The Morgan fingerprint density at radius 1 is 1.07 bits per heavy atom. The van der Waals surface area contributed by atoms with Crippen LogP contribution in [0.1, 0.15) is 50.3 Å². The molecule has 0 radical (unpaired) electrons. The van der Waals surface area contributed by atoms with Crippen molar-refractivity contribution in [1.82, 2.24) is 4.90 Å². The first kappa shape index (κ1) is 23.6. The molecule has 1 aliphatic carbocycles. The molecule has 0 bridgehead atoms. The number of carbonyl (C=O) groups excluding carboxylic acids is 2. The molecule has 1 amide bonds. The minimum Gasteiger partial charge on any atom is -0.326 e. The highest BCUT2D eigenvalue weighted by atomic mass is 16.1. The molecular weight excluding hydrogens is 372 g/mol. The molecule has 30 heavy (non-hydrogen) atoms. The van der Waals surface area contributed by atoms with Crippen molar-refractivity contribution < 1.29 is 9.59 Å². The summed E-state index contributed by atoms with van der Waals surface area (Å²) >= 11 is 0. The van der Waals surface area contributed by atoms with Gasteiger partial charge < -0.3 is 15.0 Å². The molecule has 0 saturated carbocycles. The molecule has 4 rings (SSSR count). The third kappa shape index (κ3) is 6.14. The zero-order valence-electron chi connectivity index (χ0n) is 18.7. The van der Waals surface area contributed by atoms with E-state index in [2.05, 4.69) is 53.7 Å². The molecular formula is C26H34N2O2. The fourth-order valence-corrected chi connectivity index (χ4v) is 3.91. The third-order valence-corrected chi connectivity index (χ3v) is 5.55. The zero-order valence-corrected chi connectivity index (χ0v) is 18.7. The molecule has 2 aromatic carbocycles. The van der Waals surface area contributed by atoms with Gasteiger partial charge in [-0.25, -0.2) is 0 Å². The number of hydrogen-bond donors (Lipinski definition) is 1. The highest BCUT2D eigenvalue weighted by Crippen LogP contribution is 2.43. The van der Waals surface area contributed by atoms with Crippen molar-refractivity contribution in [3.8, 4) is 0 Å². The zero-order chi connectivity index (χ0) is 22.0. The molecule has 2 aliphatic rings. The van der Waals surface area contributed by atoms with Crippen LogP contribution >= 0.6 is 0 Å². The summed E-state index contributed by atoms with van der Waals surface area (Å²) in [5.41, 5.74) is 5.05. The van der Waals surface area contributed by atoms with E-state index in [-0.39, 0.29) is 5.91 Å². The SMILES string of the molecule is CC.CC(=O)Nc1ccc(CC=O)cc1.CN1CCC2(C=Cc3ccccc32)CC1.